The van der Waals surface area contributed by atoms with Gasteiger partial charge in [-0.3, -0.25) is 9.59 Å². The van der Waals surface area contributed by atoms with Crippen LogP contribution in [0.1, 0.15) is 55.9 Å². The summed E-state index contributed by atoms with van der Waals surface area (Å²) >= 11 is 0. The largest absolute Gasteiger partial charge is 0.483 e. The molecule has 0 saturated heterocycles. The van der Waals surface area contributed by atoms with Gasteiger partial charge in [-0.2, -0.15) is 0 Å². The van der Waals surface area contributed by atoms with Crippen molar-refractivity contribution < 1.29 is 14.3 Å². The van der Waals surface area contributed by atoms with Crippen LogP contribution in [-0.4, -0.2) is 35.4 Å². The van der Waals surface area contributed by atoms with Crippen LogP contribution in [0.15, 0.2) is 78.9 Å². The van der Waals surface area contributed by atoms with E-state index in [0.717, 1.165) is 22.3 Å². The molecule has 0 unspecified atom stereocenters. The molecule has 0 aliphatic carbocycles. The molecular weight excluding hydrogens is 448 g/mol. The minimum atomic E-state index is -0.675. The van der Waals surface area contributed by atoms with E-state index in [-0.39, 0.29) is 30.4 Å². The van der Waals surface area contributed by atoms with Crippen molar-refractivity contribution in [1.29, 1.82) is 0 Å². The predicted octanol–water partition coefficient (Wildman–Crippen LogP) is 5.66. The Balaban J connectivity index is 1.94. The van der Waals surface area contributed by atoms with E-state index in [1.165, 1.54) is 0 Å². The van der Waals surface area contributed by atoms with Crippen molar-refractivity contribution in [2.45, 2.75) is 65.6 Å². The minimum Gasteiger partial charge on any atom is -0.483 e. The highest BCUT2D eigenvalue weighted by molar-refractivity contribution is 5.88. The molecule has 0 aliphatic heterocycles. The number of para-hydroxylation sites is 1. The number of nitrogens with one attached hydrogen (secondary N) is 1. The van der Waals surface area contributed by atoms with Gasteiger partial charge < -0.3 is 15.0 Å². The summed E-state index contributed by atoms with van der Waals surface area (Å²) in [6.07, 6.45) is 0.416. The fourth-order valence-corrected chi connectivity index (χ4v) is 4.22. The SMILES string of the molecule is Cc1ccccc1CN(C(=O)COc1ccccc1C(C)C)[C@@H](Cc1ccccc1)C(=O)NC(C)C. The lowest BCUT2D eigenvalue weighted by molar-refractivity contribution is -0.143. The van der Waals surface area contributed by atoms with Crippen molar-refractivity contribution in [2.24, 2.45) is 0 Å². The van der Waals surface area contributed by atoms with Gasteiger partial charge in [-0.15, -0.1) is 0 Å². The third-order valence-corrected chi connectivity index (χ3v) is 6.20. The van der Waals surface area contributed by atoms with Crippen molar-refractivity contribution in [3.63, 3.8) is 0 Å². The second-order valence-corrected chi connectivity index (χ2v) is 9.80. The fourth-order valence-electron chi connectivity index (χ4n) is 4.22. The van der Waals surface area contributed by atoms with Crippen LogP contribution in [0.3, 0.4) is 0 Å². The number of benzene rings is 3. The highest BCUT2D eigenvalue weighted by Gasteiger charge is 2.31. The van der Waals surface area contributed by atoms with E-state index in [1.54, 1.807) is 4.90 Å². The lowest BCUT2D eigenvalue weighted by Crippen LogP contribution is -2.53. The zero-order valence-corrected chi connectivity index (χ0v) is 22.0. The van der Waals surface area contributed by atoms with Gasteiger partial charge in [-0.25, -0.2) is 0 Å². The average Bonchev–Trinajstić information content (AvgIpc) is 2.86. The van der Waals surface area contributed by atoms with Crippen LogP contribution in [0.4, 0.5) is 0 Å². The zero-order valence-electron chi connectivity index (χ0n) is 22.0. The molecular formula is C31H38N2O3. The first-order chi connectivity index (χ1) is 17.3. The lowest BCUT2D eigenvalue weighted by atomic mass is 10.0. The average molecular weight is 487 g/mol. The molecule has 2 amide bonds. The molecule has 3 aromatic carbocycles. The van der Waals surface area contributed by atoms with Crippen LogP contribution < -0.4 is 10.1 Å². The van der Waals surface area contributed by atoms with E-state index >= 15 is 0 Å². The van der Waals surface area contributed by atoms with Crippen LogP contribution in [0.2, 0.25) is 0 Å². The van der Waals surface area contributed by atoms with Crippen LogP contribution in [0, 0.1) is 6.92 Å². The molecule has 0 aromatic heterocycles. The Morgan fingerprint density at radius 3 is 2.17 bits per heavy atom. The summed E-state index contributed by atoms with van der Waals surface area (Å²) in [5.74, 6) is 0.569. The Kier molecular flexibility index (Phi) is 9.69. The van der Waals surface area contributed by atoms with Crippen molar-refractivity contribution in [1.82, 2.24) is 10.2 Å². The molecule has 0 heterocycles. The number of aryl methyl sites for hydroxylation is 1. The topological polar surface area (TPSA) is 58.6 Å². The van der Waals surface area contributed by atoms with Crippen LogP contribution >= 0.6 is 0 Å². The number of ether oxygens (including phenoxy) is 1. The zero-order chi connectivity index (χ0) is 26.1. The smallest absolute Gasteiger partial charge is 0.261 e. The highest BCUT2D eigenvalue weighted by atomic mass is 16.5. The molecule has 1 N–H and O–H groups in total. The van der Waals surface area contributed by atoms with Crippen molar-refractivity contribution in [2.75, 3.05) is 6.61 Å². The monoisotopic (exact) mass is 486 g/mol. The maximum Gasteiger partial charge on any atom is 0.261 e. The normalized spacial score (nSPS) is 11.9. The quantitative estimate of drug-likeness (QED) is 0.380. The summed E-state index contributed by atoms with van der Waals surface area (Å²) in [6.45, 7) is 10.3. The highest BCUT2D eigenvalue weighted by Crippen LogP contribution is 2.26. The number of carbonyl (C=O) groups excluding carboxylic acids is 2. The summed E-state index contributed by atoms with van der Waals surface area (Å²) in [7, 11) is 0. The molecule has 0 spiro atoms. The third-order valence-electron chi connectivity index (χ3n) is 6.20. The number of rotatable bonds is 11. The molecule has 5 heteroatoms. The summed E-state index contributed by atoms with van der Waals surface area (Å²) < 4.78 is 6.05. The molecule has 0 aliphatic rings. The van der Waals surface area contributed by atoms with Crippen LogP contribution in [0.25, 0.3) is 0 Å². The summed E-state index contributed by atoms with van der Waals surface area (Å²) in [4.78, 5) is 28.9. The number of amides is 2. The maximum atomic E-state index is 13.8. The standard InChI is InChI=1S/C31H38N2O3/c1-22(2)27-17-11-12-18-29(27)36-21-30(34)33(20-26-16-10-9-13-24(26)5)28(31(35)32-23(3)4)19-25-14-7-6-8-15-25/h6-18,22-23,28H,19-21H2,1-5H3,(H,32,35)/t28-/m0/s1. The second-order valence-electron chi connectivity index (χ2n) is 9.80. The summed E-state index contributed by atoms with van der Waals surface area (Å²) in [5, 5.41) is 3.02. The molecule has 36 heavy (non-hydrogen) atoms. The van der Waals surface area contributed by atoms with Crippen LogP contribution in [0.5, 0.6) is 5.75 Å². The summed E-state index contributed by atoms with van der Waals surface area (Å²) in [5.41, 5.74) is 4.12. The van der Waals surface area contributed by atoms with Gasteiger partial charge in [0.05, 0.1) is 0 Å². The van der Waals surface area contributed by atoms with Gasteiger partial charge in [0.25, 0.3) is 5.91 Å². The first-order valence-corrected chi connectivity index (χ1v) is 12.7. The molecule has 190 valence electrons. The van der Waals surface area contributed by atoms with E-state index < -0.39 is 6.04 Å². The maximum absolute atomic E-state index is 13.8. The molecule has 0 bridgehead atoms. The summed E-state index contributed by atoms with van der Waals surface area (Å²) in [6, 6.07) is 24.9. The van der Waals surface area contributed by atoms with E-state index in [2.05, 4.69) is 19.2 Å². The van der Waals surface area contributed by atoms with Gasteiger partial charge in [0.2, 0.25) is 5.91 Å². The van der Waals surface area contributed by atoms with Crippen LogP contribution in [-0.2, 0) is 22.6 Å². The van der Waals surface area contributed by atoms with E-state index in [0.29, 0.717) is 18.7 Å². The Morgan fingerprint density at radius 1 is 0.861 bits per heavy atom. The molecule has 5 nitrogen and oxygen atoms in total. The first kappa shape index (κ1) is 27.0. The van der Waals surface area contributed by atoms with Gasteiger partial charge >= 0.3 is 0 Å². The van der Waals surface area contributed by atoms with E-state index in [4.69, 9.17) is 4.74 Å². The first-order valence-electron chi connectivity index (χ1n) is 12.7. The van der Waals surface area contributed by atoms with Gasteiger partial charge in [0.15, 0.2) is 6.61 Å². The van der Waals surface area contributed by atoms with Gasteiger partial charge in [-0.1, -0.05) is 86.6 Å². The number of hydrogen-bond acceptors (Lipinski definition) is 3. The molecule has 1 atom stereocenters. The van der Waals surface area contributed by atoms with Gasteiger partial charge in [0, 0.05) is 19.0 Å². The van der Waals surface area contributed by atoms with Gasteiger partial charge in [-0.05, 0) is 55.0 Å². The number of hydrogen-bond donors (Lipinski definition) is 1. The van der Waals surface area contributed by atoms with Crippen molar-refractivity contribution in [3.05, 3.63) is 101 Å². The number of nitrogens with zero attached hydrogens (tertiary/aromatic N) is 1. The Labute approximate surface area is 215 Å². The predicted molar refractivity (Wildman–Crippen MR) is 145 cm³/mol. The minimum absolute atomic E-state index is 0.0413. The molecule has 3 rings (SSSR count). The van der Waals surface area contributed by atoms with Gasteiger partial charge in [0.1, 0.15) is 11.8 Å². The lowest BCUT2D eigenvalue weighted by Gasteiger charge is -2.32. The molecule has 0 saturated carbocycles. The van der Waals surface area contributed by atoms with E-state index in [1.807, 2.05) is 99.6 Å². The Morgan fingerprint density at radius 2 is 1.50 bits per heavy atom. The Hall–Kier alpha value is -3.60. The Bertz CT molecular complexity index is 1140. The van der Waals surface area contributed by atoms with E-state index in [9.17, 15) is 9.59 Å². The fraction of sp³-hybridized carbons (Fsp3) is 0.355. The molecule has 0 fully saturated rings. The second kappa shape index (κ2) is 12.9. The van der Waals surface area contributed by atoms with Crippen molar-refractivity contribution in [3.8, 4) is 5.75 Å². The van der Waals surface area contributed by atoms with Crippen molar-refractivity contribution >= 4 is 11.8 Å². The number of carbonyl (C=O) groups is 2. The third kappa shape index (κ3) is 7.45. The molecule has 3 aromatic rings. The molecule has 0 radical (unpaired) electrons.